The first-order chi connectivity index (χ1) is 11.1. The summed E-state index contributed by atoms with van der Waals surface area (Å²) in [6.07, 6.45) is 9.16. The van der Waals surface area contributed by atoms with Gasteiger partial charge in [-0.1, -0.05) is 45.2 Å². The predicted octanol–water partition coefficient (Wildman–Crippen LogP) is 5.37. The second-order valence-corrected chi connectivity index (χ2v) is 7.56. The Bertz CT molecular complexity index is 463. The van der Waals surface area contributed by atoms with E-state index in [0.717, 1.165) is 25.5 Å². The van der Waals surface area contributed by atoms with Crippen LogP contribution >= 0.6 is 0 Å². The standard InChI is InChI=1S/C21H35NO/c1-17(2)16-22(20-10-6-5-7-11-20)21-13-12-19(15-18(21)3)9-8-14-23-4/h12-13,15,17,20H,5-11,14,16H2,1-4H3. The van der Waals surface area contributed by atoms with Gasteiger partial charge in [0.2, 0.25) is 0 Å². The average Bonchev–Trinajstić information content (AvgIpc) is 2.54. The van der Waals surface area contributed by atoms with Crippen LogP contribution in [0.3, 0.4) is 0 Å². The molecule has 130 valence electrons. The summed E-state index contributed by atoms with van der Waals surface area (Å²) >= 11 is 0. The molecule has 1 fully saturated rings. The summed E-state index contributed by atoms with van der Waals surface area (Å²) in [5.74, 6) is 0.706. The number of ether oxygens (including phenoxy) is 1. The first kappa shape index (κ1) is 18.3. The maximum absolute atomic E-state index is 5.17. The zero-order chi connectivity index (χ0) is 16.7. The number of rotatable bonds is 8. The third-order valence-corrected chi connectivity index (χ3v) is 4.96. The van der Waals surface area contributed by atoms with Crippen molar-refractivity contribution in [3.8, 4) is 0 Å². The number of hydrogen-bond donors (Lipinski definition) is 0. The van der Waals surface area contributed by atoms with E-state index in [2.05, 4.69) is 43.9 Å². The number of nitrogens with zero attached hydrogens (tertiary/aromatic N) is 1. The van der Waals surface area contributed by atoms with Crippen LogP contribution in [0, 0.1) is 12.8 Å². The molecule has 0 amide bonds. The van der Waals surface area contributed by atoms with E-state index in [0.29, 0.717) is 5.92 Å². The summed E-state index contributed by atoms with van der Waals surface area (Å²) in [5.41, 5.74) is 4.34. The van der Waals surface area contributed by atoms with Gasteiger partial charge in [0.1, 0.15) is 0 Å². The summed E-state index contributed by atoms with van der Waals surface area (Å²) in [7, 11) is 1.78. The van der Waals surface area contributed by atoms with Crippen molar-refractivity contribution < 1.29 is 4.74 Å². The molecule has 2 heteroatoms. The zero-order valence-electron chi connectivity index (χ0n) is 15.6. The van der Waals surface area contributed by atoms with Crippen molar-refractivity contribution in [1.82, 2.24) is 0 Å². The molecule has 0 heterocycles. The average molecular weight is 318 g/mol. The Labute approximate surface area is 143 Å². The molecule has 0 saturated heterocycles. The number of benzene rings is 1. The van der Waals surface area contributed by atoms with Crippen LogP contribution in [-0.4, -0.2) is 26.3 Å². The van der Waals surface area contributed by atoms with E-state index in [1.807, 2.05) is 0 Å². The van der Waals surface area contributed by atoms with Gasteiger partial charge in [0.15, 0.2) is 0 Å². The van der Waals surface area contributed by atoms with Crippen molar-refractivity contribution >= 4 is 5.69 Å². The molecule has 1 aromatic rings. The lowest BCUT2D eigenvalue weighted by Gasteiger charge is -2.38. The van der Waals surface area contributed by atoms with Gasteiger partial charge in [0.25, 0.3) is 0 Å². The molecule has 0 bridgehead atoms. The zero-order valence-corrected chi connectivity index (χ0v) is 15.6. The fourth-order valence-electron chi connectivity index (χ4n) is 3.85. The Morgan fingerprint density at radius 2 is 1.91 bits per heavy atom. The Balaban J connectivity index is 2.13. The van der Waals surface area contributed by atoms with E-state index in [1.54, 1.807) is 7.11 Å². The van der Waals surface area contributed by atoms with Crippen molar-refractivity contribution in [1.29, 1.82) is 0 Å². The number of methoxy groups -OCH3 is 1. The van der Waals surface area contributed by atoms with Crippen LogP contribution in [0.4, 0.5) is 5.69 Å². The minimum absolute atomic E-state index is 0.706. The topological polar surface area (TPSA) is 12.5 Å². The minimum atomic E-state index is 0.706. The van der Waals surface area contributed by atoms with Crippen molar-refractivity contribution in [2.24, 2.45) is 5.92 Å². The molecule has 2 rings (SSSR count). The van der Waals surface area contributed by atoms with Crippen LogP contribution in [0.15, 0.2) is 18.2 Å². The molecule has 1 aliphatic carbocycles. The second kappa shape index (κ2) is 9.32. The summed E-state index contributed by atoms with van der Waals surface area (Å²) in [4.78, 5) is 2.71. The SMILES string of the molecule is COCCCc1ccc(N(CC(C)C)C2CCCCC2)c(C)c1. The monoisotopic (exact) mass is 317 g/mol. The predicted molar refractivity (Wildman–Crippen MR) is 100 cm³/mol. The molecule has 0 aliphatic heterocycles. The van der Waals surface area contributed by atoms with Crippen LogP contribution in [0.5, 0.6) is 0 Å². The Kier molecular flexibility index (Phi) is 7.42. The molecule has 1 saturated carbocycles. The van der Waals surface area contributed by atoms with E-state index < -0.39 is 0 Å². The van der Waals surface area contributed by atoms with Crippen molar-refractivity contribution in [2.75, 3.05) is 25.2 Å². The van der Waals surface area contributed by atoms with Gasteiger partial charge in [0.05, 0.1) is 0 Å². The molecule has 1 aliphatic rings. The van der Waals surface area contributed by atoms with E-state index in [-0.39, 0.29) is 0 Å². The van der Waals surface area contributed by atoms with Gasteiger partial charge in [-0.25, -0.2) is 0 Å². The minimum Gasteiger partial charge on any atom is -0.385 e. The fraction of sp³-hybridized carbons (Fsp3) is 0.714. The van der Waals surface area contributed by atoms with Crippen molar-refractivity contribution in [3.63, 3.8) is 0 Å². The molecule has 23 heavy (non-hydrogen) atoms. The van der Waals surface area contributed by atoms with Crippen LogP contribution in [-0.2, 0) is 11.2 Å². The van der Waals surface area contributed by atoms with Gasteiger partial charge in [-0.2, -0.15) is 0 Å². The first-order valence-electron chi connectivity index (χ1n) is 9.47. The molecular formula is C21H35NO. The van der Waals surface area contributed by atoms with Gasteiger partial charge in [-0.15, -0.1) is 0 Å². The third kappa shape index (κ3) is 5.53. The van der Waals surface area contributed by atoms with Gasteiger partial charge >= 0.3 is 0 Å². The molecule has 1 aromatic carbocycles. The highest BCUT2D eigenvalue weighted by molar-refractivity contribution is 5.55. The molecule has 0 N–H and O–H groups in total. The van der Waals surface area contributed by atoms with Gasteiger partial charge in [-0.05, 0) is 55.7 Å². The van der Waals surface area contributed by atoms with E-state index in [1.165, 1.54) is 55.5 Å². The number of aryl methyl sites for hydroxylation is 2. The fourth-order valence-corrected chi connectivity index (χ4v) is 3.85. The Hall–Kier alpha value is -1.02. The van der Waals surface area contributed by atoms with Crippen LogP contribution in [0.1, 0.15) is 63.5 Å². The molecule has 0 spiro atoms. The highest BCUT2D eigenvalue weighted by Gasteiger charge is 2.23. The smallest absolute Gasteiger partial charge is 0.0465 e. The molecule has 2 nitrogen and oxygen atoms in total. The third-order valence-electron chi connectivity index (χ3n) is 4.96. The molecule has 0 atom stereocenters. The molecule has 0 aromatic heterocycles. The first-order valence-corrected chi connectivity index (χ1v) is 9.47. The Morgan fingerprint density at radius 1 is 1.17 bits per heavy atom. The molecule has 0 radical (unpaired) electrons. The maximum Gasteiger partial charge on any atom is 0.0465 e. The molecular weight excluding hydrogens is 282 g/mol. The largest absolute Gasteiger partial charge is 0.385 e. The quantitative estimate of drug-likeness (QED) is 0.598. The van der Waals surface area contributed by atoms with Crippen LogP contribution in [0.25, 0.3) is 0 Å². The summed E-state index contributed by atoms with van der Waals surface area (Å²) in [6, 6.07) is 7.83. The van der Waals surface area contributed by atoms with E-state index in [9.17, 15) is 0 Å². The van der Waals surface area contributed by atoms with Crippen molar-refractivity contribution in [3.05, 3.63) is 29.3 Å². The van der Waals surface area contributed by atoms with E-state index >= 15 is 0 Å². The lowest BCUT2D eigenvalue weighted by Crippen LogP contribution is -2.39. The highest BCUT2D eigenvalue weighted by atomic mass is 16.5. The summed E-state index contributed by atoms with van der Waals surface area (Å²) in [5, 5.41) is 0. The van der Waals surface area contributed by atoms with Gasteiger partial charge < -0.3 is 9.64 Å². The lowest BCUT2D eigenvalue weighted by atomic mass is 9.92. The number of anilines is 1. The number of hydrogen-bond acceptors (Lipinski definition) is 2. The second-order valence-electron chi connectivity index (χ2n) is 7.56. The normalized spacial score (nSPS) is 16.0. The van der Waals surface area contributed by atoms with Gasteiger partial charge in [-0.3, -0.25) is 0 Å². The highest BCUT2D eigenvalue weighted by Crippen LogP contribution is 2.31. The van der Waals surface area contributed by atoms with Crippen molar-refractivity contribution in [2.45, 2.75) is 71.8 Å². The lowest BCUT2D eigenvalue weighted by molar-refractivity contribution is 0.195. The van der Waals surface area contributed by atoms with E-state index in [4.69, 9.17) is 4.74 Å². The summed E-state index contributed by atoms with van der Waals surface area (Å²) in [6.45, 7) is 8.98. The van der Waals surface area contributed by atoms with Crippen LogP contribution in [0.2, 0.25) is 0 Å². The molecule has 0 unspecified atom stereocenters. The maximum atomic E-state index is 5.17. The van der Waals surface area contributed by atoms with Crippen LogP contribution < -0.4 is 4.90 Å². The van der Waals surface area contributed by atoms with Gasteiger partial charge in [0, 0.05) is 32.0 Å². The summed E-state index contributed by atoms with van der Waals surface area (Å²) < 4.78 is 5.17. The Morgan fingerprint density at radius 3 is 2.52 bits per heavy atom.